The number of para-hydroxylation sites is 1. The number of anilines is 1. The molecule has 2 N–H and O–H groups in total. The van der Waals surface area contributed by atoms with E-state index in [4.69, 9.17) is 0 Å². The molecule has 1 aliphatic rings. The molecular weight excluding hydrogens is 222 g/mol. The molecule has 3 heteroatoms. The Balaban J connectivity index is 1.93. The monoisotopic (exact) mass is 247 g/mol. The summed E-state index contributed by atoms with van der Waals surface area (Å²) in [4.78, 5) is 2.39. The van der Waals surface area contributed by atoms with Crippen LogP contribution in [0.3, 0.4) is 0 Å². The van der Waals surface area contributed by atoms with Crippen molar-refractivity contribution in [3.8, 4) is 0 Å². The van der Waals surface area contributed by atoms with Gasteiger partial charge in [-0.2, -0.15) is 0 Å². The molecule has 1 aromatic rings. The van der Waals surface area contributed by atoms with Gasteiger partial charge in [0.2, 0.25) is 0 Å². The van der Waals surface area contributed by atoms with Crippen molar-refractivity contribution in [1.29, 1.82) is 0 Å². The number of rotatable bonds is 4. The zero-order valence-electron chi connectivity index (χ0n) is 11.7. The third-order valence-corrected chi connectivity index (χ3v) is 3.58. The molecule has 0 radical (unpaired) electrons. The highest BCUT2D eigenvalue weighted by molar-refractivity contribution is 5.52. The van der Waals surface area contributed by atoms with E-state index in [0.717, 1.165) is 26.2 Å². The molecule has 1 heterocycles. The Hall–Kier alpha value is -1.06. The lowest BCUT2D eigenvalue weighted by Crippen LogP contribution is -2.51. The van der Waals surface area contributed by atoms with E-state index in [1.54, 1.807) is 0 Å². The van der Waals surface area contributed by atoms with Crippen molar-refractivity contribution < 1.29 is 0 Å². The SMILES string of the molecule is CC(C)c1ccccc1NCC1CN(C)CCN1. The first-order chi connectivity index (χ1) is 8.66. The Morgan fingerprint density at radius 2 is 2.17 bits per heavy atom. The lowest BCUT2D eigenvalue weighted by Gasteiger charge is -2.31. The van der Waals surface area contributed by atoms with Gasteiger partial charge < -0.3 is 15.5 Å². The maximum atomic E-state index is 3.60. The van der Waals surface area contributed by atoms with Gasteiger partial charge in [0.25, 0.3) is 0 Å². The average Bonchev–Trinajstić information content (AvgIpc) is 2.37. The van der Waals surface area contributed by atoms with Crippen molar-refractivity contribution in [3.63, 3.8) is 0 Å². The van der Waals surface area contributed by atoms with Crippen LogP contribution in [0.1, 0.15) is 25.3 Å². The second kappa shape index (κ2) is 6.21. The van der Waals surface area contributed by atoms with Crippen molar-refractivity contribution in [2.75, 3.05) is 38.5 Å². The van der Waals surface area contributed by atoms with Gasteiger partial charge in [0.05, 0.1) is 0 Å². The number of hydrogen-bond donors (Lipinski definition) is 2. The Bertz CT molecular complexity index is 376. The molecule has 1 atom stereocenters. The van der Waals surface area contributed by atoms with Gasteiger partial charge in [0, 0.05) is 37.9 Å². The molecule has 0 amide bonds. The number of nitrogens with zero attached hydrogens (tertiary/aromatic N) is 1. The van der Waals surface area contributed by atoms with Crippen LogP contribution in [0.4, 0.5) is 5.69 Å². The summed E-state index contributed by atoms with van der Waals surface area (Å²) in [6, 6.07) is 9.17. The van der Waals surface area contributed by atoms with Gasteiger partial charge in [-0.05, 0) is 24.6 Å². The van der Waals surface area contributed by atoms with Crippen molar-refractivity contribution >= 4 is 5.69 Å². The summed E-state index contributed by atoms with van der Waals surface area (Å²) >= 11 is 0. The van der Waals surface area contributed by atoms with Crippen LogP contribution in [0, 0.1) is 0 Å². The molecule has 0 bridgehead atoms. The number of benzene rings is 1. The van der Waals surface area contributed by atoms with Gasteiger partial charge in [-0.3, -0.25) is 0 Å². The molecule has 0 aliphatic carbocycles. The largest absolute Gasteiger partial charge is 0.383 e. The summed E-state index contributed by atoms with van der Waals surface area (Å²) in [5, 5.41) is 7.16. The fraction of sp³-hybridized carbons (Fsp3) is 0.600. The number of piperazine rings is 1. The minimum absolute atomic E-state index is 0.545. The fourth-order valence-electron chi connectivity index (χ4n) is 2.52. The minimum Gasteiger partial charge on any atom is -0.383 e. The van der Waals surface area contributed by atoms with Gasteiger partial charge in [-0.15, -0.1) is 0 Å². The van der Waals surface area contributed by atoms with E-state index >= 15 is 0 Å². The average molecular weight is 247 g/mol. The van der Waals surface area contributed by atoms with Crippen molar-refractivity contribution in [1.82, 2.24) is 10.2 Å². The number of nitrogens with one attached hydrogen (secondary N) is 2. The molecule has 100 valence electrons. The van der Waals surface area contributed by atoms with Crippen molar-refractivity contribution in [3.05, 3.63) is 29.8 Å². The first-order valence-electron chi connectivity index (χ1n) is 6.91. The molecule has 0 spiro atoms. The standard InChI is InChI=1S/C15H25N3/c1-12(2)14-6-4-5-7-15(14)17-10-13-11-18(3)9-8-16-13/h4-7,12-13,16-17H,8-11H2,1-3H3. The van der Waals surface area contributed by atoms with Gasteiger partial charge >= 0.3 is 0 Å². The minimum atomic E-state index is 0.545. The van der Waals surface area contributed by atoms with E-state index in [1.807, 2.05) is 0 Å². The fourth-order valence-corrected chi connectivity index (χ4v) is 2.52. The van der Waals surface area contributed by atoms with E-state index in [2.05, 4.69) is 60.7 Å². The highest BCUT2D eigenvalue weighted by atomic mass is 15.2. The summed E-state index contributed by atoms with van der Waals surface area (Å²) in [6.45, 7) is 8.85. The van der Waals surface area contributed by atoms with E-state index in [0.29, 0.717) is 12.0 Å². The topological polar surface area (TPSA) is 27.3 Å². The van der Waals surface area contributed by atoms with Gasteiger partial charge in [0.1, 0.15) is 0 Å². The van der Waals surface area contributed by atoms with Gasteiger partial charge in [-0.25, -0.2) is 0 Å². The van der Waals surface area contributed by atoms with Crippen LogP contribution in [0.5, 0.6) is 0 Å². The third kappa shape index (κ3) is 3.47. The maximum absolute atomic E-state index is 3.60. The highest BCUT2D eigenvalue weighted by Crippen LogP contribution is 2.23. The number of hydrogen-bond acceptors (Lipinski definition) is 3. The molecule has 1 fully saturated rings. The smallest absolute Gasteiger partial charge is 0.0375 e. The molecule has 18 heavy (non-hydrogen) atoms. The van der Waals surface area contributed by atoms with Crippen molar-refractivity contribution in [2.45, 2.75) is 25.8 Å². The van der Waals surface area contributed by atoms with Gasteiger partial charge in [-0.1, -0.05) is 32.0 Å². The molecule has 3 nitrogen and oxygen atoms in total. The Kier molecular flexibility index (Phi) is 4.61. The van der Waals surface area contributed by atoms with Crippen LogP contribution in [0.15, 0.2) is 24.3 Å². The normalized spacial score (nSPS) is 21.2. The van der Waals surface area contributed by atoms with Crippen LogP contribution in [0.25, 0.3) is 0 Å². The van der Waals surface area contributed by atoms with Crippen LogP contribution >= 0.6 is 0 Å². The lowest BCUT2D eigenvalue weighted by molar-refractivity contribution is 0.244. The zero-order chi connectivity index (χ0) is 13.0. The second-order valence-corrected chi connectivity index (χ2v) is 5.54. The molecule has 1 unspecified atom stereocenters. The van der Waals surface area contributed by atoms with E-state index in [-0.39, 0.29) is 0 Å². The first-order valence-corrected chi connectivity index (χ1v) is 6.91. The highest BCUT2D eigenvalue weighted by Gasteiger charge is 2.16. The molecular formula is C15H25N3. The quantitative estimate of drug-likeness (QED) is 0.853. The Labute approximate surface area is 111 Å². The van der Waals surface area contributed by atoms with Crippen LogP contribution < -0.4 is 10.6 Å². The van der Waals surface area contributed by atoms with Gasteiger partial charge in [0.15, 0.2) is 0 Å². The summed E-state index contributed by atoms with van der Waals surface area (Å²) in [7, 11) is 2.19. The predicted octanol–water partition coefficient (Wildman–Crippen LogP) is 2.13. The van der Waals surface area contributed by atoms with E-state index in [1.165, 1.54) is 11.3 Å². The molecule has 2 rings (SSSR count). The van der Waals surface area contributed by atoms with E-state index in [9.17, 15) is 0 Å². The maximum Gasteiger partial charge on any atom is 0.0375 e. The van der Waals surface area contributed by atoms with Crippen molar-refractivity contribution in [2.24, 2.45) is 0 Å². The van der Waals surface area contributed by atoms with E-state index < -0.39 is 0 Å². The molecule has 1 saturated heterocycles. The summed E-state index contributed by atoms with van der Waals surface area (Å²) in [5.74, 6) is 0.565. The second-order valence-electron chi connectivity index (χ2n) is 5.54. The van der Waals surface area contributed by atoms with Crippen LogP contribution in [-0.4, -0.2) is 44.2 Å². The van der Waals surface area contributed by atoms with Crippen LogP contribution in [0.2, 0.25) is 0 Å². The summed E-state index contributed by atoms with van der Waals surface area (Å²) < 4.78 is 0. The molecule has 0 aromatic heterocycles. The Morgan fingerprint density at radius 3 is 2.89 bits per heavy atom. The summed E-state index contributed by atoms with van der Waals surface area (Å²) in [6.07, 6.45) is 0. The molecule has 0 saturated carbocycles. The molecule has 1 aliphatic heterocycles. The zero-order valence-corrected chi connectivity index (χ0v) is 11.7. The summed E-state index contributed by atoms with van der Waals surface area (Å²) in [5.41, 5.74) is 2.68. The lowest BCUT2D eigenvalue weighted by atomic mass is 10.0. The Morgan fingerprint density at radius 1 is 1.39 bits per heavy atom. The first kappa shape index (κ1) is 13.4. The van der Waals surface area contributed by atoms with Crippen LogP contribution in [-0.2, 0) is 0 Å². The number of likely N-dealkylation sites (N-methyl/N-ethyl adjacent to an activating group) is 1. The molecule has 1 aromatic carbocycles. The third-order valence-electron chi connectivity index (χ3n) is 3.58. The predicted molar refractivity (Wildman–Crippen MR) is 78.3 cm³/mol.